The average molecular weight is 126 g/mol. The van der Waals surface area contributed by atoms with Crippen molar-refractivity contribution in [2.24, 2.45) is 11.3 Å². The molecule has 2 radical (unpaired) electrons. The molecule has 0 aromatic rings. The van der Waals surface area contributed by atoms with Gasteiger partial charge in [0.05, 0.1) is 0 Å². The van der Waals surface area contributed by atoms with Gasteiger partial charge in [0.25, 0.3) is 0 Å². The number of hydrogen-bond donors (Lipinski definition) is 0. The maximum absolute atomic E-state index is 2.78. The van der Waals surface area contributed by atoms with Crippen LogP contribution < -0.4 is 0 Å². The predicted octanol–water partition coefficient (Wildman–Crippen LogP) is 2.26. The summed E-state index contributed by atoms with van der Waals surface area (Å²) < 4.78 is 0. The minimum absolute atomic E-state index is 0.488. The van der Waals surface area contributed by atoms with Gasteiger partial charge >= 0.3 is 0 Å². The lowest BCUT2D eigenvalue weighted by Gasteiger charge is -2.26. The van der Waals surface area contributed by atoms with Crippen LogP contribution in [0, 0.1) is 11.3 Å². The van der Waals surface area contributed by atoms with E-state index in [1.807, 2.05) is 0 Å². The molecule has 8 heavy (non-hydrogen) atoms. The Bertz CT molecular complexity index is 61.3. The van der Waals surface area contributed by atoms with Crippen LogP contribution in [0.4, 0.5) is 0 Å². The molecule has 0 rings (SSSR count). The summed E-state index contributed by atoms with van der Waals surface area (Å²) >= 11 is 2.78. The van der Waals surface area contributed by atoms with E-state index in [2.05, 4.69) is 44.0 Å². The summed E-state index contributed by atoms with van der Waals surface area (Å²) in [6.45, 7) is 9.12. The first kappa shape index (κ1) is 8.53. The topological polar surface area (TPSA) is 0 Å². The van der Waals surface area contributed by atoms with Crippen LogP contribution in [0.1, 0.15) is 27.7 Å². The molecule has 0 spiro atoms. The third kappa shape index (κ3) is 2.75. The predicted molar refractivity (Wildman–Crippen MR) is 39.2 cm³/mol. The number of rotatable bonds is 1. The smallest absolute Gasteiger partial charge is 0.115 e. The highest BCUT2D eigenvalue weighted by molar-refractivity contribution is 6.08. The average Bonchev–Trinajstić information content (AvgIpc) is 1.62. The minimum atomic E-state index is 0.488. The molecule has 0 bridgehead atoms. The second-order valence-electron chi connectivity index (χ2n) is 3.50. The van der Waals surface area contributed by atoms with E-state index in [0.29, 0.717) is 5.41 Å². The molecule has 0 saturated heterocycles. The van der Waals surface area contributed by atoms with Gasteiger partial charge < -0.3 is 0 Å². The zero-order chi connectivity index (χ0) is 6.78. The maximum Gasteiger partial charge on any atom is 0.118 e. The van der Waals surface area contributed by atoms with Gasteiger partial charge in [-0.2, -0.15) is 0 Å². The van der Waals surface area contributed by atoms with Gasteiger partial charge in [0, 0.05) is 0 Å². The standard InChI is InChI=1S/C7H15.Al/c1-6(2)7(3,4)5;/h6H,1H2,2-5H3;/t6-;/m0./s1. The van der Waals surface area contributed by atoms with Crippen LogP contribution in [-0.2, 0) is 0 Å². The molecule has 0 amide bonds. The second kappa shape index (κ2) is 2.90. The maximum atomic E-state index is 2.78. The van der Waals surface area contributed by atoms with Crippen molar-refractivity contribution >= 4 is 16.3 Å². The Morgan fingerprint density at radius 2 is 1.75 bits per heavy atom. The number of hydrogen-bond acceptors (Lipinski definition) is 0. The lowest BCUT2D eigenvalue weighted by atomic mass is 9.83. The van der Waals surface area contributed by atoms with Gasteiger partial charge in [-0.3, -0.25) is 0 Å². The van der Waals surface area contributed by atoms with Gasteiger partial charge in [-0.05, 0) is 5.41 Å². The quantitative estimate of drug-likeness (QED) is 0.473. The van der Waals surface area contributed by atoms with Gasteiger partial charge in [-0.15, -0.1) is 5.28 Å². The second-order valence-corrected chi connectivity index (χ2v) is 3.97. The lowest BCUT2D eigenvalue weighted by Crippen LogP contribution is -2.16. The summed E-state index contributed by atoms with van der Waals surface area (Å²) in [6.07, 6.45) is 0. The largest absolute Gasteiger partial charge is 0.118 e. The molecule has 0 aromatic carbocycles. The van der Waals surface area contributed by atoms with Crippen LogP contribution in [0.25, 0.3) is 0 Å². The van der Waals surface area contributed by atoms with Crippen molar-refractivity contribution in [3.8, 4) is 0 Å². The third-order valence-corrected chi connectivity index (χ3v) is 2.54. The molecule has 1 atom stereocenters. The van der Waals surface area contributed by atoms with Crippen LogP contribution >= 0.6 is 0 Å². The van der Waals surface area contributed by atoms with Gasteiger partial charge in [0.1, 0.15) is 16.3 Å². The monoisotopic (exact) mass is 126 g/mol. The van der Waals surface area contributed by atoms with Gasteiger partial charge in [0.2, 0.25) is 0 Å². The first-order chi connectivity index (χ1) is 3.48. The molecule has 0 aliphatic heterocycles. The van der Waals surface area contributed by atoms with E-state index in [0.717, 1.165) is 5.92 Å². The summed E-state index contributed by atoms with van der Waals surface area (Å²) in [6, 6.07) is 0. The fourth-order valence-electron chi connectivity index (χ4n) is 0.354. The van der Waals surface area contributed by atoms with E-state index in [-0.39, 0.29) is 0 Å². The van der Waals surface area contributed by atoms with E-state index < -0.39 is 0 Å². The molecular weight excluding hydrogens is 111 g/mol. The summed E-state index contributed by atoms with van der Waals surface area (Å²) in [5, 5.41) is 1.21. The molecule has 0 aliphatic rings. The molecule has 46 valence electrons. The summed E-state index contributed by atoms with van der Waals surface area (Å²) in [7, 11) is 0. The van der Waals surface area contributed by atoms with Crippen molar-refractivity contribution < 1.29 is 0 Å². The van der Waals surface area contributed by atoms with Crippen molar-refractivity contribution in [2.75, 3.05) is 0 Å². The molecule has 0 N–H and O–H groups in total. The van der Waals surface area contributed by atoms with Crippen molar-refractivity contribution in [1.82, 2.24) is 0 Å². The van der Waals surface area contributed by atoms with Crippen LogP contribution in [0.15, 0.2) is 0 Å². The highest BCUT2D eigenvalue weighted by Gasteiger charge is 2.16. The van der Waals surface area contributed by atoms with Crippen molar-refractivity contribution in [3.05, 3.63) is 0 Å². The Labute approximate surface area is 61.1 Å². The molecule has 1 heteroatoms. The summed E-state index contributed by atoms with van der Waals surface area (Å²) in [5.74, 6) is 0.812. The fourth-order valence-corrected chi connectivity index (χ4v) is 1.06. The normalized spacial score (nSPS) is 16.0. The van der Waals surface area contributed by atoms with Crippen LogP contribution in [0.5, 0.6) is 0 Å². The Balaban J connectivity index is 3.62. The zero-order valence-electron chi connectivity index (χ0n) is 6.36. The Morgan fingerprint density at radius 1 is 1.38 bits per heavy atom. The molecule has 0 heterocycles. The highest BCUT2D eigenvalue weighted by Crippen LogP contribution is 2.26. The van der Waals surface area contributed by atoms with Crippen molar-refractivity contribution in [3.63, 3.8) is 0 Å². The van der Waals surface area contributed by atoms with Crippen molar-refractivity contribution in [1.29, 1.82) is 0 Å². The van der Waals surface area contributed by atoms with E-state index >= 15 is 0 Å². The van der Waals surface area contributed by atoms with E-state index in [4.69, 9.17) is 0 Å². The van der Waals surface area contributed by atoms with Gasteiger partial charge in [-0.25, -0.2) is 0 Å². The molecular formula is C7H15Al. The minimum Gasteiger partial charge on any atom is -0.115 e. The Kier molecular flexibility index (Phi) is 3.09. The Morgan fingerprint density at radius 3 is 1.75 bits per heavy atom. The molecule has 0 fully saturated rings. The highest BCUT2D eigenvalue weighted by atomic mass is 27.0. The van der Waals surface area contributed by atoms with E-state index in [9.17, 15) is 0 Å². The fraction of sp³-hybridized carbons (Fsp3) is 1.00. The SMILES string of the molecule is C[C@H]([CH2][Al])C(C)(C)C. The van der Waals surface area contributed by atoms with E-state index in [1.165, 1.54) is 5.28 Å². The molecule has 0 unspecified atom stereocenters. The van der Waals surface area contributed by atoms with Crippen LogP contribution in [0.3, 0.4) is 0 Å². The first-order valence-corrected chi connectivity index (χ1v) is 4.00. The summed E-state index contributed by atoms with van der Waals surface area (Å²) in [5.41, 5.74) is 0.488. The molecule has 0 aliphatic carbocycles. The van der Waals surface area contributed by atoms with Gasteiger partial charge in [0.15, 0.2) is 0 Å². The summed E-state index contributed by atoms with van der Waals surface area (Å²) in [4.78, 5) is 0. The third-order valence-electron chi connectivity index (χ3n) is 1.83. The lowest BCUT2D eigenvalue weighted by molar-refractivity contribution is 0.284. The molecule has 0 nitrogen and oxygen atoms in total. The van der Waals surface area contributed by atoms with Crippen LogP contribution in [0.2, 0.25) is 5.28 Å². The Hall–Kier alpha value is 0.532. The molecule has 0 saturated carbocycles. The van der Waals surface area contributed by atoms with Crippen molar-refractivity contribution in [2.45, 2.75) is 33.0 Å². The molecule has 0 aromatic heterocycles. The first-order valence-electron chi connectivity index (χ1n) is 3.18. The van der Waals surface area contributed by atoms with E-state index in [1.54, 1.807) is 0 Å². The zero-order valence-corrected chi connectivity index (χ0v) is 7.52. The van der Waals surface area contributed by atoms with Crippen LogP contribution in [-0.4, -0.2) is 16.3 Å². The van der Waals surface area contributed by atoms with Gasteiger partial charge in [-0.1, -0.05) is 33.6 Å².